The minimum Gasteiger partial charge on any atom is -0.379 e. The first-order chi connectivity index (χ1) is 8.78. The van der Waals surface area contributed by atoms with Gasteiger partial charge in [-0.05, 0) is 35.2 Å². The lowest BCUT2D eigenvalue weighted by Gasteiger charge is -2.20. The number of anilines is 1. The standard InChI is InChI=1S/C12H15BrN4O/c1-18-9-4-2-3-8(9)15-11-12-14-5-6-17(12)7-10(13)16-11/h5-9H,2-4H2,1H3,(H,15,16). The molecule has 0 radical (unpaired) electrons. The number of ether oxygens (including phenoxy) is 1. The van der Waals surface area contributed by atoms with E-state index in [-0.39, 0.29) is 6.10 Å². The molecule has 0 aromatic carbocycles. The number of nitrogens with zero attached hydrogens (tertiary/aromatic N) is 3. The van der Waals surface area contributed by atoms with Crippen LogP contribution in [-0.2, 0) is 4.74 Å². The van der Waals surface area contributed by atoms with Crippen molar-refractivity contribution in [2.75, 3.05) is 12.4 Å². The van der Waals surface area contributed by atoms with E-state index in [0.29, 0.717) is 6.04 Å². The first-order valence-electron chi connectivity index (χ1n) is 6.06. The molecule has 3 rings (SSSR count). The Bertz CT molecular complexity index is 556. The summed E-state index contributed by atoms with van der Waals surface area (Å²) in [5.74, 6) is 0.809. The summed E-state index contributed by atoms with van der Waals surface area (Å²) in [6, 6.07) is 0.317. The molecule has 0 spiro atoms. The van der Waals surface area contributed by atoms with Crippen molar-refractivity contribution >= 4 is 27.4 Å². The summed E-state index contributed by atoms with van der Waals surface area (Å²) in [5.41, 5.74) is 0.847. The zero-order valence-corrected chi connectivity index (χ0v) is 11.7. The van der Waals surface area contributed by atoms with Crippen molar-refractivity contribution in [2.45, 2.75) is 31.4 Å². The lowest BCUT2D eigenvalue weighted by atomic mass is 10.2. The van der Waals surface area contributed by atoms with Crippen LogP contribution in [0.4, 0.5) is 5.82 Å². The molecule has 1 aliphatic rings. The van der Waals surface area contributed by atoms with Gasteiger partial charge in [-0.15, -0.1) is 0 Å². The molecule has 5 nitrogen and oxygen atoms in total. The highest BCUT2D eigenvalue weighted by molar-refractivity contribution is 9.10. The van der Waals surface area contributed by atoms with Gasteiger partial charge < -0.3 is 14.5 Å². The van der Waals surface area contributed by atoms with Crippen LogP contribution < -0.4 is 5.32 Å². The topological polar surface area (TPSA) is 51.5 Å². The van der Waals surface area contributed by atoms with Crippen molar-refractivity contribution in [1.82, 2.24) is 14.4 Å². The van der Waals surface area contributed by atoms with Crippen LogP contribution in [0.25, 0.3) is 5.65 Å². The zero-order valence-electron chi connectivity index (χ0n) is 10.1. The van der Waals surface area contributed by atoms with E-state index in [0.717, 1.165) is 28.9 Å². The molecule has 2 aromatic rings. The van der Waals surface area contributed by atoms with Gasteiger partial charge >= 0.3 is 0 Å². The number of methoxy groups -OCH3 is 1. The minimum atomic E-state index is 0.265. The molecule has 1 aliphatic carbocycles. The van der Waals surface area contributed by atoms with Gasteiger partial charge in [0.1, 0.15) is 4.60 Å². The third-order valence-electron chi connectivity index (χ3n) is 3.42. The average molecular weight is 311 g/mol. The normalized spacial score (nSPS) is 23.7. The number of imidazole rings is 1. The van der Waals surface area contributed by atoms with Crippen molar-refractivity contribution in [2.24, 2.45) is 0 Å². The summed E-state index contributed by atoms with van der Waals surface area (Å²) in [6.45, 7) is 0. The summed E-state index contributed by atoms with van der Waals surface area (Å²) in [6.07, 6.45) is 9.25. The van der Waals surface area contributed by atoms with Crippen molar-refractivity contribution in [3.8, 4) is 0 Å². The molecule has 1 N–H and O–H groups in total. The van der Waals surface area contributed by atoms with Crippen LogP contribution in [0.3, 0.4) is 0 Å². The Balaban J connectivity index is 1.92. The van der Waals surface area contributed by atoms with Crippen molar-refractivity contribution in [3.63, 3.8) is 0 Å². The zero-order chi connectivity index (χ0) is 12.5. The molecule has 0 saturated heterocycles. The fourth-order valence-corrected chi connectivity index (χ4v) is 2.94. The number of halogens is 1. The first-order valence-corrected chi connectivity index (χ1v) is 6.86. The highest BCUT2D eigenvalue weighted by Crippen LogP contribution is 2.26. The summed E-state index contributed by atoms with van der Waals surface area (Å²) in [5, 5.41) is 3.46. The maximum atomic E-state index is 5.49. The van der Waals surface area contributed by atoms with Crippen LogP contribution in [-0.4, -0.2) is 33.6 Å². The van der Waals surface area contributed by atoms with E-state index < -0.39 is 0 Å². The Morgan fingerprint density at radius 3 is 3.22 bits per heavy atom. The molecular weight excluding hydrogens is 296 g/mol. The maximum absolute atomic E-state index is 5.49. The molecule has 2 heterocycles. The molecule has 0 amide bonds. The van der Waals surface area contributed by atoms with E-state index in [1.54, 1.807) is 13.3 Å². The van der Waals surface area contributed by atoms with Gasteiger partial charge in [0, 0.05) is 25.7 Å². The Morgan fingerprint density at radius 2 is 2.39 bits per heavy atom. The minimum absolute atomic E-state index is 0.265. The van der Waals surface area contributed by atoms with Gasteiger partial charge in [0.15, 0.2) is 11.5 Å². The lowest BCUT2D eigenvalue weighted by Crippen LogP contribution is -2.30. The molecule has 96 valence electrons. The molecular formula is C12H15BrN4O. The van der Waals surface area contributed by atoms with E-state index in [2.05, 4.69) is 31.2 Å². The monoisotopic (exact) mass is 310 g/mol. The Labute approximate surface area is 114 Å². The molecule has 1 saturated carbocycles. The second-order valence-corrected chi connectivity index (χ2v) is 5.34. The molecule has 2 atom stereocenters. The van der Waals surface area contributed by atoms with E-state index in [1.165, 1.54) is 6.42 Å². The summed E-state index contributed by atoms with van der Waals surface area (Å²) >= 11 is 3.42. The number of aromatic nitrogens is 3. The quantitative estimate of drug-likeness (QED) is 0.946. The molecule has 2 aromatic heterocycles. The van der Waals surface area contributed by atoms with Crippen LogP contribution in [0.2, 0.25) is 0 Å². The highest BCUT2D eigenvalue weighted by Gasteiger charge is 2.28. The molecule has 1 fully saturated rings. The molecule has 0 bridgehead atoms. The first kappa shape index (κ1) is 11.9. The average Bonchev–Trinajstić information content (AvgIpc) is 2.96. The fraction of sp³-hybridized carbons (Fsp3) is 0.500. The Kier molecular flexibility index (Phi) is 3.22. The highest BCUT2D eigenvalue weighted by atomic mass is 79.9. The summed E-state index contributed by atoms with van der Waals surface area (Å²) < 4.78 is 8.24. The third kappa shape index (κ3) is 2.10. The van der Waals surface area contributed by atoms with Crippen molar-refractivity contribution in [3.05, 3.63) is 23.2 Å². The number of hydrogen-bond acceptors (Lipinski definition) is 4. The summed E-state index contributed by atoms with van der Waals surface area (Å²) in [7, 11) is 1.77. The Hall–Kier alpha value is -1.14. The SMILES string of the molecule is COC1CCCC1Nc1nc(Br)cn2ccnc12. The van der Waals surface area contributed by atoms with E-state index in [9.17, 15) is 0 Å². The largest absolute Gasteiger partial charge is 0.379 e. The second kappa shape index (κ2) is 4.85. The van der Waals surface area contributed by atoms with Crippen molar-refractivity contribution in [1.29, 1.82) is 0 Å². The van der Waals surface area contributed by atoms with Crippen LogP contribution >= 0.6 is 15.9 Å². The Morgan fingerprint density at radius 1 is 1.50 bits per heavy atom. The van der Waals surface area contributed by atoms with Crippen LogP contribution in [0.5, 0.6) is 0 Å². The van der Waals surface area contributed by atoms with E-state index >= 15 is 0 Å². The van der Waals surface area contributed by atoms with Crippen LogP contribution in [0, 0.1) is 0 Å². The predicted molar refractivity (Wildman–Crippen MR) is 72.7 cm³/mol. The number of fused-ring (bicyclic) bond motifs is 1. The molecule has 18 heavy (non-hydrogen) atoms. The summed E-state index contributed by atoms with van der Waals surface area (Å²) in [4.78, 5) is 8.80. The molecule has 0 aliphatic heterocycles. The van der Waals surface area contributed by atoms with Crippen LogP contribution in [0.15, 0.2) is 23.2 Å². The van der Waals surface area contributed by atoms with E-state index in [4.69, 9.17) is 4.74 Å². The number of hydrogen-bond donors (Lipinski definition) is 1. The van der Waals surface area contributed by atoms with Crippen molar-refractivity contribution < 1.29 is 4.74 Å². The van der Waals surface area contributed by atoms with Gasteiger partial charge in [-0.25, -0.2) is 9.97 Å². The van der Waals surface area contributed by atoms with Crippen LogP contribution in [0.1, 0.15) is 19.3 Å². The predicted octanol–water partition coefficient (Wildman–Crippen LogP) is 2.47. The van der Waals surface area contributed by atoms with Gasteiger partial charge in [-0.3, -0.25) is 0 Å². The third-order valence-corrected chi connectivity index (χ3v) is 3.80. The fourth-order valence-electron chi connectivity index (χ4n) is 2.55. The molecule has 6 heteroatoms. The van der Waals surface area contributed by atoms with Gasteiger partial charge in [0.25, 0.3) is 0 Å². The molecule has 2 unspecified atom stereocenters. The van der Waals surface area contributed by atoms with E-state index in [1.807, 2.05) is 16.8 Å². The van der Waals surface area contributed by atoms with Gasteiger partial charge in [-0.1, -0.05) is 0 Å². The smallest absolute Gasteiger partial charge is 0.180 e. The second-order valence-electron chi connectivity index (χ2n) is 4.53. The van der Waals surface area contributed by atoms with Gasteiger partial charge in [0.2, 0.25) is 0 Å². The number of rotatable bonds is 3. The maximum Gasteiger partial charge on any atom is 0.180 e. The van der Waals surface area contributed by atoms with Gasteiger partial charge in [-0.2, -0.15) is 0 Å². The number of nitrogens with one attached hydrogen (secondary N) is 1. The lowest BCUT2D eigenvalue weighted by molar-refractivity contribution is 0.101. The van der Waals surface area contributed by atoms with Gasteiger partial charge in [0.05, 0.1) is 12.1 Å².